The predicted molar refractivity (Wildman–Crippen MR) is 74.1 cm³/mol. The van der Waals surface area contributed by atoms with Gasteiger partial charge >= 0.3 is 5.97 Å². The van der Waals surface area contributed by atoms with E-state index in [1.165, 1.54) is 13.2 Å². The molecule has 0 fully saturated rings. The van der Waals surface area contributed by atoms with Crippen molar-refractivity contribution in [1.82, 2.24) is 0 Å². The summed E-state index contributed by atoms with van der Waals surface area (Å²) in [6, 6.07) is 5.97. The SMILES string of the molecule is COc1ccc(Oc2c(F)cc(C(=O)O)cc2F)c(Br)c1. The Hall–Kier alpha value is -2.15. The van der Waals surface area contributed by atoms with Crippen LogP contribution in [0.15, 0.2) is 34.8 Å². The van der Waals surface area contributed by atoms with Crippen molar-refractivity contribution in [2.75, 3.05) is 7.11 Å². The number of rotatable bonds is 4. The fourth-order valence-electron chi connectivity index (χ4n) is 1.58. The first kappa shape index (κ1) is 15.2. The quantitative estimate of drug-likeness (QED) is 0.888. The van der Waals surface area contributed by atoms with E-state index in [9.17, 15) is 13.6 Å². The summed E-state index contributed by atoms with van der Waals surface area (Å²) in [5.74, 6) is -3.60. The van der Waals surface area contributed by atoms with Crippen LogP contribution < -0.4 is 9.47 Å². The first-order valence-corrected chi connectivity index (χ1v) is 6.45. The molecule has 1 N–H and O–H groups in total. The summed E-state index contributed by atoms with van der Waals surface area (Å²) in [5, 5.41) is 8.72. The van der Waals surface area contributed by atoms with Gasteiger partial charge in [-0.15, -0.1) is 0 Å². The number of carbonyl (C=O) groups is 1. The van der Waals surface area contributed by atoms with Crippen molar-refractivity contribution < 1.29 is 28.2 Å². The lowest BCUT2D eigenvalue weighted by molar-refractivity contribution is 0.0695. The van der Waals surface area contributed by atoms with Gasteiger partial charge in [0.1, 0.15) is 11.5 Å². The molecule has 0 unspecified atom stereocenters. The Balaban J connectivity index is 2.38. The standard InChI is InChI=1S/C14H9BrF2O4/c1-20-8-2-3-12(9(15)6-8)21-13-10(16)4-7(14(18)19)5-11(13)17/h2-6H,1H3,(H,18,19). The first-order valence-electron chi connectivity index (χ1n) is 5.66. The van der Waals surface area contributed by atoms with Crippen molar-refractivity contribution in [3.05, 3.63) is 52.0 Å². The van der Waals surface area contributed by atoms with Gasteiger partial charge in [-0.25, -0.2) is 13.6 Å². The molecule has 2 rings (SSSR count). The number of ether oxygens (including phenoxy) is 2. The van der Waals surface area contributed by atoms with E-state index in [0.29, 0.717) is 22.4 Å². The summed E-state index contributed by atoms with van der Waals surface area (Å²) >= 11 is 3.19. The first-order chi connectivity index (χ1) is 9.92. The van der Waals surface area contributed by atoms with Crippen LogP contribution in [0.5, 0.6) is 17.2 Å². The van der Waals surface area contributed by atoms with Crippen molar-refractivity contribution in [3.63, 3.8) is 0 Å². The summed E-state index contributed by atoms with van der Waals surface area (Å²) in [5.41, 5.74) is -0.494. The lowest BCUT2D eigenvalue weighted by atomic mass is 10.2. The topological polar surface area (TPSA) is 55.8 Å². The molecule has 0 radical (unpaired) electrons. The van der Waals surface area contributed by atoms with Gasteiger partial charge in [0.05, 0.1) is 17.1 Å². The summed E-state index contributed by atoms with van der Waals surface area (Å²) in [7, 11) is 1.48. The van der Waals surface area contributed by atoms with E-state index in [-0.39, 0.29) is 5.75 Å². The Bertz CT molecular complexity index is 680. The molecule has 0 spiro atoms. The molecule has 0 aliphatic rings. The summed E-state index contributed by atoms with van der Waals surface area (Å²) in [6.07, 6.45) is 0. The number of benzene rings is 2. The normalized spacial score (nSPS) is 10.3. The highest BCUT2D eigenvalue weighted by Crippen LogP contribution is 2.35. The third-order valence-electron chi connectivity index (χ3n) is 2.60. The van der Waals surface area contributed by atoms with E-state index in [1.807, 2.05) is 0 Å². The van der Waals surface area contributed by atoms with Crippen molar-refractivity contribution in [1.29, 1.82) is 0 Å². The average molecular weight is 359 g/mol. The third-order valence-corrected chi connectivity index (χ3v) is 3.22. The monoisotopic (exact) mass is 358 g/mol. The zero-order valence-corrected chi connectivity index (χ0v) is 12.3. The molecule has 2 aromatic carbocycles. The molecular weight excluding hydrogens is 350 g/mol. The Morgan fingerprint density at radius 1 is 1.19 bits per heavy atom. The van der Waals surface area contributed by atoms with Crippen molar-refractivity contribution in [2.24, 2.45) is 0 Å². The van der Waals surface area contributed by atoms with Crippen LogP contribution in [0.25, 0.3) is 0 Å². The molecule has 0 aromatic heterocycles. The molecule has 7 heteroatoms. The predicted octanol–water partition coefficient (Wildman–Crippen LogP) is 4.23. The zero-order valence-electron chi connectivity index (χ0n) is 10.7. The second kappa shape index (κ2) is 6.09. The molecule has 0 atom stereocenters. The highest BCUT2D eigenvalue weighted by atomic mass is 79.9. The Morgan fingerprint density at radius 3 is 2.29 bits per heavy atom. The average Bonchev–Trinajstić information content (AvgIpc) is 2.43. The van der Waals surface area contributed by atoms with Crippen LogP contribution in [0, 0.1) is 11.6 Å². The van der Waals surface area contributed by atoms with E-state index in [0.717, 1.165) is 0 Å². The summed E-state index contributed by atoms with van der Waals surface area (Å²) in [4.78, 5) is 10.7. The van der Waals surface area contributed by atoms with Crippen LogP contribution in [0.4, 0.5) is 8.78 Å². The molecule has 0 saturated heterocycles. The molecular formula is C14H9BrF2O4. The van der Waals surface area contributed by atoms with Gasteiger partial charge in [-0.2, -0.15) is 0 Å². The van der Waals surface area contributed by atoms with Gasteiger partial charge < -0.3 is 14.6 Å². The van der Waals surface area contributed by atoms with Gasteiger partial charge in [0.25, 0.3) is 0 Å². The number of carboxylic acids is 1. The van der Waals surface area contributed by atoms with Gasteiger partial charge in [-0.05, 0) is 46.3 Å². The van der Waals surface area contributed by atoms with Crippen LogP contribution in [-0.2, 0) is 0 Å². The molecule has 0 saturated carbocycles. The van der Waals surface area contributed by atoms with E-state index in [4.69, 9.17) is 14.6 Å². The number of carboxylic acid groups (broad SMARTS) is 1. The lowest BCUT2D eigenvalue weighted by Gasteiger charge is -2.11. The molecule has 0 aliphatic carbocycles. The van der Waals surface area contributed by atoms with Gasteiger partial charge in [-0.1, -0.05) is 0 Å². The molecule has 21 heavy (non-hydrogen) atoms. The second-order valence-corrected chi connectivity index (χ2v) is 4.83. The van der Waals surface area contributed by atoms with Crippen LogP contribution in [-0.4, -0.2) is 18.2 Å². The van der Waals surface area contributed by atoms with E-state index in [1.54, 1.807) is 12.1 Å². The van der Waals surface area contributed by atoms with Gasteiger partial charge in [0, 0.05) is 0 Å². The van der Waals surface area contributed by atoms with Gasteiger partial charge in [-0.3, -0.25) is 0 Å². The number of methoxy groups -OCH3 is 1. The minimum atomic E-state index is -1.43. The lowest BCUT2D eigenvalue weighted by Crippen LogP contribution is -2.01. The largest absolute Gasteiger partial charge is 0.497 e. The highest BCUT2D eigenvalue weighted by Gasteiger charge is 2.17. The molecule has 2 aromatic rings. The van der Waals surface area contributed by atoms with Crippen molar-refractivity contribution >= 4 is 21.9 Å². The van der Waals surface area contributed by atoms with Crippen LogP contribution in [0.2, 0.25) is 0 Å². The maximum atomic E-state index is 13.8. The van der Waals surface area contributed by atoms with Crippen molar-refractivity contribution in [2.45, 2.75) is 0 Å². The number of hydrogen-bond donors (Lipinski definition) is 1. The minimum Gasteiger partial charge on any atom is -0.497 e. The van der Waals surface area contributed by atoms with Crippen LogP contribution in [0.3, 0.4) is 0 Å². The Labute approximate surface area is 127 Å². The van der Waals surface area contributed by atoms with Gasteiger partial charge in [0.2, 0.25) is 0 Å². The Kier molecular flexibility index (Phi) is 4.42. The number of hydrogen-bond acceptors (Lipinski definition) is 3. The molecule has 110 valence electrons. The van der Waals surface area contributed by atoms with Crippen LogP contribution in [0.1, 0.15) is 10.4 Å². The van der Waals surface area contributed by atoms with E-state index < -0.39 is 28.9 Å². The molecule has 0 aliphatic heterocycles. The van der Waals surface area contributed by atoms with E-state index >= 15 is 0 Å². The molecule has 0 amide bonds. The highest BCUT2D eigenvalue weighted by molar-refractivity contribution is 9.10. The maximum Gasteiger partial charge on any atom is 0.335 e. The van der Waals surface area contributed by atoms with Crippen molar-refractivity contribution in [3.8, 4) is 17.2 Å². The number of halogens is 3. The van der Waals surface area contributed by atoms with Crippen LogP contribution >= 0.6 is 15.9 Å². The molecule has 4 nitrogen and oxygen atoms in total. The minimum absolute atomic E-state index is 0.164. The second-order valence-electron chi connectivity index (χ2n) is 3.97. The zero-order chi connectivity index (χ0) is 15.6. The third kappa shape index (κ3) is 3.30. The molecule has 0 heterocycles. The summed E-state index contributed by atoms with van der Waals surface area (Å²) < 4.78 is 38.1. The smallest absolute Gasteiger partial charge is 0.335 e. The summed E-state index contributed by atoms with van der Waals surface area (Å²) in [6.45, 7) is 0. The van der Waals surface area contributed by atoms with Gasteiger partial charge in [0.15, 0.2) is 17.4 Å². The van der Waals surface area contributed by atoms with E-state index in [2.05, 4.69) is 15.9 Å². The fraction of sp³-hybridized carbons (Fsp3) is 0.0714. The molecule has 0 bridgehead atoms. The maximum absolute atomic E-state index is 13.8. The fourth-order valence-corrected chi connectivity index (χ4v) is 2.02. The Morgan fingerprint density at radius 2 is 1.81 bits per heavy atom. The number of aromatic carboxylic acids is 1.